The van der Waals surface area contributed by atoms with Crippen LogP contribution < -0.4 is 5.32 Å². The van der Waals surface area contributed by atoms with Crippen molar-refractivity contribution >= 4 is 28.5 Å². The summed E-state index contributed by atoms with van der Waals surface area (Å²) in [6, 6.07) is 8.91. The molecule has 0 bridgehead atoms. The number of thiazole rings is 1. The molecule has 120 valence electrons. The number of benzene rings is 1. The molecule has 0 aliphatic heterocycles. The molecule has 1 aromatic carbocycles. The summed E-state index contributed by atoms with van der Waals surface area (Å²) in [7, 11) is 0. The number of hydrogen-bond donors (Lipinski definition) is 1. The highest BCUT2D eigenvalue weighted by atomic mass is 32.1. The molecule has 0 fully saturated rings. The average Bonchev–Trinajstić information content (AvgIpc) is 3.05. The Hall–Kier alpha value is -2.93. The van der Waals surface area contributed by atoms with E-state index in [0.29, 0.717) is 22.1 Å². The molecular formula is C17H11F2N3OS. The first-order valence-electron chi connectivity index (χ1n) is 6.93. The van der Waals surface area contributed by atoms with Gasteiger partial charge < -0.3 is 0 Å². The zero-order valence-electron chi connectivity index (χ0n) is 12.2. The zero-order chi connectivity index (χ0) is 16.9. The van der Waals surface area contributed by atoms with Crippen molar-refractivity contribution in [1.82, 2.24) is 9.97 Å². The molecule has 0 unspecified atom stereocenters. The van der Waals surface area contributed by atoms with E-state index >= 15 is 0 Å². The lowest BCUT2D eigenvalue weighted by molar-refractivity contribution is -0.111. The maximum atomic E-state index is 13.3. The van der Waals surface area contributed by atoms with Crippen LogP contribution in [-0.2, 0) is 4.79 Å². The highest BCUT2D eigenvalue weighted by molar-refractivity contribution is 7.14. The van der Waals surface area contributed by atoms with Crippen LogP contribution in [0.4, 0.5) is 13.9 Å². The van der Waals surface area contributed by atoms with Crippen LogP contribution >= 0.6 is 11.3 Å². The van der Waals surface area contributed by atoms with Gasteiger partial charge in [0, 0.05) is 23.2 Å². The summed E-state index contributed by atoms with van der Waals surface area (Å²) in [6.07, 6.45) is 4.56. The first-order valence-corrected chi connectivity index (χ1v) is 7.81. The number of hydrogen-bond acceptors (Lipinski definition) is 4. The Morgan fingerprint density at radius 2 is 2.04 bits per heavy atom. The summed E-state index contributed by atoms with van der Waals surface area (Å²) in [4.78, 5) is 20.1. The van der Waals surface area contributed by atoms with Crippen molar-refractivity contribution in [1.29, 1.82) is 0 Å². The van der Waals surface area contributed by atoms with E-state index in [4.69, 9.17) is 0 Å². The third-order valence-corrected chi connectivity index (χ3v) is 3.80. The van der Waals surface area contributed by atoms with Gasteiger partial charge >= 0.3 is 0 Å². The fraction of sp³-hybridized carbons (Fsp3) is 0. The molecule has 0 aliphatic rings. The number of halogens is 2. The summed E-state index contributed by atoms with van der Waals surface area (Å²) in [5.74, 6) is -2.21. The van der Waals surface area contributed by atoms with Crippen molar-refractivity contribution in [3.05, 3.63) is 71.4 Å². The standard InChI is InChI=1S/C17H11F2N3OS/c18-13-6-4-11(9-14(13)19)15-10-24-17(21-15)22-16(23)7-5-12-3-1-2-8-20-12/h1-10H,(H,21,22,23)/b7-5+. The molecule has 0 spiro atoms. The zero-order valence-corrected chi connectivity index (χ0v) is 13.1. The van der Waals surface area contributed by atoms with E-state index in [0.717, 1.165) is 12.1 Å². The molecule has 3 rings (SSSR count). The molecule has 0 saturated heterocycles. The van der Waals surface area contributed by atoms with Crippen LogP contribution in [0, 0.1) is 11.6 Å². The molecular weight excluding hydrogens is 332 g/mol. The lowest BCUT2D eigenvalue weighted by Gasteiger charge is -1.98. The van der Waals surface area contributed by atoms with Crippen LogP contribution in [0.1, 0.15) is 5.69 Å². The third-order valence-electron chi connectivity index (χ3n) is 3.04. The predicted molar refractivity (Wildman–Crippen MR) is 89.4 cm³/mol. The number of amides is 1. The van der Waals surface area contributed by atoms with Crippen molar-refractivity contribution < 1.29 is 13.6 Å². The van der Waals surface area contributed by atoms with Crippen LogP contribution in [0.3, 0.4) is 0 Å². The van der Waals surface area contributed by atoms with E-state index in [1.165, 1.54) is 23.5 Å². The number of anilines is 1. The molecule has 4 nitrogen and oxygen atoms in total. The van der Waals surface area contributed by atoms with Crippen molar-refractivity contribution in [2.45, 2.75) is 0 Å². The van der Waals surface area contributed by atoms with E-state index in [1.54, 1.807) is 29.8 Å². The molecule has 0 atom stereocenters. The third kappa shape index (κ3) is 3.88. The highest BCUT2D eigenvalue weighted by Crippen LogP contribution is 2.26. The number of rotatable bonds is 4. The monoisotopic (exact) mass is 343 g/mol. The molecule has 0 saturated carbocycles. The number of carbonyl (C=O) groups excluding carboxylic acids is 1. The van der Waals surface area contributed by atoms with Gasteiger partial charge in [0.05, 0.1) is 11.4 Å². The minimum Gasteiger partial charge on any atom is -0.298 e. The van der Waals surface area contributed by atoms with E-state index in [1.807, 2.05) is 6.07 Å². The van der Waals surface area contributed by atoms with Gasteiger partial charge in [0.2, 0.25) is 5.91 Å². The maximum Gasteiger partial charge on any atom is 0.250 e. The van der Waals surface area contributed by atoms with Crippen molar-refractivity contribution in [2.24, 2.45) is 0 Å². The Kier molecular flexibility index (Phi) is 4.72. The van der Waals surface area contributed by atoms with E-state index in [9.17, 15) is 13.6 Å². The van der Waals surface area contributed by atoms with Crippen molar-refractivity contribution in [3.63, 3.8) is 0 Å². The van der Waals surface area contributed by atoms with Crippen LogP contribution in [0.5, 0.6) is 0 Å². The first kappa shape index (κ1) is 15.9. The van der Waals surface area contributed by atoms with Crippen molar-refractivity contribution in [3.8, 4) is 11.3 Å². The summed E-state index contributed by atoms with van der Waals surface area (Å²) < 4.78 is 26.2. The molecule has 3 aromatic rings. The fourth-order valence-corrected chi connectivity index (χ4v) is 2.62. The highest BCUT2D eigenvalue weighted by Gasteiger charge is 2.09. The number of pyridine rings is 1. The second kappa shape index (κ2) is 7.10. The minimum absolute atomic E-state index is 0.355. The molecule has 24 heavy (non-hydrogen) atoms. The molecule has 0 aliphatic carbocycles. The van der Waals surface area contributed by atoms with Crippen LogP contribution in [0.15, 0.2) is 54.1 Å². The minimum atomic E-state index is -0.940. The van der Waals surface area contributed by atoms with Gasteiger partial charge in [-0.3, -0.25) is 15.1 Å². The smallest absolute Gasteiger partial charge is 0.250 e. The van der Waals surface area contributed by atoms with Gasteiger partial charge in [-0.2, -0.15) is 0 Å². The SMILES string of the molecule is O=C(/C=C/c1ccccn1)Nc1nc(-c2ccc(F)c(F)c2)cs1. The van der Waals surface area contributed by atoms with Crippen molar-refractivity contribution in [2.75, 3.05) is 5.32 Å². The number of aromatic nitrogens is 2. The van der Waals surface area contributed by atoms with Gasteiger partial charge in [0.1, 0.15) is 0 Å². The lowest BCUT2D eigenvalue weighted by atomic mass is 10.2. The summed E-state index contributed by atoms with van der Waals surface area (Å²) >= 11 is 1.20. The van der Waals surface area contributed by atoms with Gasteiger partial charge in [-0.1, -0.05) is 6.07 Å². The molecule has 1 amide bonds. The maximum absolute atomic E-state index is 13.3. The lowest BCUT2D eigenvalue weighted by Crippen LogP contribution is -2.07. The van der Waals surface area contributed by atoms with Crippen LogP contribution in [0.2, 0.25) is 0 Å². The molecule has 2 aromatic heterocycles. The van der Waals surface area contributed by atoms with Crippen LogP contribution in [-0.4, -0.2) is 15.9 Å². The number of carbonyl (C=O) groups is 1. The van der Waals surface area contributed by atoms with Gasteiger partial charge in [-0.15, -0.1) is 11.3 Å². The van der Waals surface area contributed by atoms with E-state index < -0.39 is 11.6 Å². The summed E-state index contributed by atoms with van der Waals surface area (Å²) in [5, 5.41) is 4.64. The molecule has 7 heteroatoms. The topological polar surface area (TPSA) is 54.9 Å². The molecule has 2 heterocycles. The fourth-order valence-electron chi connectivity index (χ4n) is 1.90. The molecule has 1 N–H and O–H groups in total. The second-order valence-electron chi connectivity index (χ2n) is 4.74. The molecule has 0 radical (unpaired) electrons. The van der Waals surface area contributed by atoms with Gasteiger partial charge in [0.15, 0.2) is 16.8 Å². The summed E-state index contributed by atoms with van der Waals surface area (Å²) in [6.45, 7) is 0. The second-order valence-corrected chi connectivity index (χ2v) is 5.60. The largest absolute Gasteiger partial charge is 0.298 e. The predicted octanol–water partition coefficient (Wildman–Crippen LogP) is 4.14. The van der Waals surface area contributed by atoms with E-state index in [-0.39, 0.29) is 5.91 Å². The number of nitrogens with one attached hydrogen (secondary N) is 1. The Morgan fingerprint density at radius 1 is 1.17 bits per heavy atom. The summed E-state index contributed by atoms with van der Waals surface area (Å²) in [5.41, 5.74) is 1.56. The van der Waals surface area contributed by atoms with Crippen LogP contribution in [0.25, 0.3) is 17.3 Å². The van der Waals surface area contributed by atoms with Gasteiger partial charge in [-0.05, 0) is 36.4 Å². The van der Waals surface area contributed by atoms with E-state index in [2.05, 4.69) is 15.3 Å². The average molecular weight is 343 g/mol. The number of nitrogens with zero attached hydrogens (tertiary/aromatic N) is 2. The normalized spacial score (nSPS) is 10.9. The Bertz CT molecular complexity index is 894. The van der Waals surface area contributed by atoms with Gasteiger partial charge in [-0.25, -0.2) is 13.8 Å². The Labute approximate surface area is 140 Å². The first-order chi connectivity index (χ1) is 11.6. The Balaban J connectivity index is 1.68. The van der Waals surface area contributed by atoms with Gasteiger partial charge in [0.25, 0.3) is 0 Å². The quantitative estimate of drug-likeness (QED) is 0.725. The Morgan fingerprint density at radius 3 is 2.79 bits per heavy atom.